The van der Waals surface area contributed by atoms with Gasteiger partial charge in [0.1, 0.15) is 5.82 Å². The Kier molecular flexibility index (Phi) is 6.48. The Hall–Kier alpha value is -1.76. The van der Waals surface area contributed by atoms with E-state index in [-0.39, 0.29) is 17.3 Å². The van der Waals surface area contributed by atoms with E-state index in [0.717, 1.165) is 30.4 Å². The molecule has 1 aromatic carbocycles. The van der Waals surface area contributed by atoms with Gasteiger partial charge < -0.3 is 15.3 Å². The number of carboxylic acid groups (broad SMARTS) is 1. The maximum Gasteiger partial charge on any atom is 0.335 e. The van der Waals surface area contributed by atoms with Crippen LogP contribution in [-0.2, 0) is 0 Å². The standard InChI is InChI=1S/C14H19FN2O3S/c1-4-10(8-21-3)17(2)14(20)16-12-7-9(13(18)19)5-6-11(12)15/h5-7,10H,4,8H2,1-3H3,(H,16,20)(H,18,19). The summed E-state index contributed by atoms with van der Waals surface area (Å²) in [5.41, 5.74) is -0.212. The largest absolute Gasteiger partial charge is 0.478 e. The van der Waals surface area contributed by atoms with Crippen molar-refractivity contribution in [1.82, 2.24) is 4.90 Å². The number of halogens is 1. The van der Waals surface area contributed by atoms with Gasteiger partial charge in [0.15, 0.2) is 0 Å². The van der Waals surface area contributed by atoms with Crippen molar-refractivity contribution in [3.63, 3.8) is 0 Å². The highest BCUT2D eigenvalue weighted by molar-refractivity contribution is 7.98. The molecule has 0 aliphatic carbocycles. The Morgan fingerprint density at radius 2 is 2.14 bits per heavy atom. The number of amides is 2. The number of hydrogen-bond acceptors (Lipinski definition) is 3. The molecule has 116 valence electrons. The lowest BCUT2D eigenvalue weighted by atomic mass is 10.2. The van der Waals surface area contributed by atoms with E-state index in [0.29, 0.717) is 0 Å². The number of hydrogen-bond donors (Lipinski definition) is 2. The number of carboxylic acids is 1. The first-order valence-electron chi connectivity index (χ1n) is 6.46. The van der Waals surface area contributed by atoms with E-state index in [9.17, 15) is 14.0 Å². The summed E-state index contributed by atoms with van der Waals surface area (Å²) in [7, 11) is 1.64. The number of carbonyl (C=O) groups is 2. The van der Waals surface area contributed by atoms with Gasteiger partial charge in [-0.25, -0.2) is 14.0 Å². The average molecular weight is 314 g/mol. The quantitative estimate of drug-likeness (QED) is 0.846. The van der Waals surface area contributed by atoms with Crippen molar-refractivity contribution < 1.29 is 19.1 Å². The third-order valence-electron chi connectivity index (χ3n) is 3.15. The molecule has 7 heteroatoms. The third-order valence-corrected chi connectivity index (χ3v) is 3.87. The number of benzene rings is 1. The van der Waals surface area contributed by atoms with E-state index in [1.54, 1.807) is 18.8 Å². The lowest BCUT2D eigenvalue weighted by Crippen LogP contribution is -2.41. The van der Waals surface area contributed by atoms with Gasteiger partial charge in [0.25, 0.3) is 0 Å². The summed E-state index contributed by atoms with van der Waals surface area (Å²) < 4.78 is 13.7. The summed E-state index contributed by atoms with van der Waals surface area (Å²) >= 11 is 1.62. The Morgan fingerprint density at radius 1 is 1.48 bits per heavy atom. The second-order valence-corrected chi connectivity index (χ2v) is 5.47. The fourth-order valence-corrected chi connectivity index (χ4v) is 2.66. The molecule has 0 radical (unpaired) electrons. The molecular formula is C14H19FN2O3S. The Morgan fingerprint density at radius 3 is 2.67 bits per heavy atom. The van der Waals surface area contributed by atoms with Crippen LogP contribution in [0.4, 0.5) is 14.9 Å². The van der Waals surface area contributed by atoms with Gasteiger partial charge in [-0.1, -0.05) is 6.92 Å². The highest BCUT2D eigenvalue weighted by atomic mass is 32.2. The molecule has 0 aliphatic rings. The van der Waals surface area contributed by atoms with Gasteiger partial charge in [0.2, 0.25) is 0 Å². The van der Waals surface area contributed by atoms with Crippen LogP contribution in [0.1, 0.15) is 23.7 Å². The lowest BCUT2D eigenvalue weighted by molar-refractivity contribution is 0.0697. The van der Waals surface area contributed by atoms with Gasteiger partial charge in [0, 0.05) is 18.8 Å². The molecule has 21 heavy (non-hydrogen) atoms. The molecule has 2 N–H and O–H groups in total. The second-order valence-electron chi connectivity index (χ2n) is 4.56. The summed E-state index contributed by atoms with van der Waals surface area (Å²) in [6, 6.07) is 2.86. The molecular weight excluding hydrogens is 295 g/mol. The van der Waals surface area contributed by atoms with Gasteiger partial charge in [0.05, 0.1) is 11.3 Å². The van der Waals surface area contributed by atoms with E-state index in [4.69, 9.17) is 5.11 Å². The van der Waals surface area contributed by atoms with Crippen LogP contribution < -0.4 is 5.32 Å². The normalized spacial score (nSPS) is 11.8. The molecule has 1 rings (SSSR count). The van der Waals surface area contributed by atoms with Crippen molar-refractivity contribution in [2.24, 2.45) is 0 Å². The highest BCUT2D eigenvalue weighted by Gasteiger charge is 2.19. The van der Waals surface area contributed by atoms with Gasteiger partial charge in [-0.15, -0.1) is 0 Å². The first-order valence-corrected chi connectivity index (χ1v) is 7.85. The van der Waals surface area contributed by atoms with E-state index < -0.39 is 17.8 Å². The summed E-state index contributed by atoms with van der Waals surface area (Å²) in [6.07, 6.45) is 2.73. The minimum absolute atomic E-state index is 0.0331. The van der Waals surface area contributed by atoms with Crippen LogP contribution in [0.15, 0.2) is 18.2 Å². The first kappa shape index (κ1) is 17.3. The molecule has 5 nitrogen and oxygen atoms in total. The summed E-state index contributed by atoms with van der Waals surface area (Å²) in [6.45, 7) is 1.97. The third kappa shape index (κ3) is 4.63. The van der Waals surface area contributed by atoms with Crippen LogP contribution in [0.3, 0.4) is 0 Å². The lowest BCUT2D eigenvalue weighted by Gasteiger charge is -2.27. The number of nitrogens with one attached hydrogen (secondary N) is 1. The molecule has 0 aromatic heterocycles. The van der Waals surface area contributed by atoms with Crippen molar-refractivity contribution in [1.29, 1.82) is 0 Å². The van der Waals surface area contributed by atoms with Gasteiger partial charge in [-0.3, -0.25) is 0 Å². The van der Waals surface area contributed by atoms with Gasteiger partial charge in [-0.2, -0.15) is 11.8 Å². The Bertz CT molecular complexity index is 525. The van der Waals surface area contributed by atoms with Crippen LogP contribution in [0.25, 0.3) is 0 Å². The number of nitrogens with zero attached hydrogens (tertiary/aromatic N) is 1. The van der Waals surface area contributed by atoms with Crippen molar-refractivity contribution in [3.8, 4) is 0 Å². The smallest absolute Gasteiger partial charge is 0.335 e. The molecule has 2 amide bonds. The van der Waals surface area contributed by atoms with E-state index in [1.807, 2.05) is 13.2 Å². The second kappa shape index (κ2) is 7.87. The minimum atomic E-state index is -1.17. The molecule has 0 saturated carbocycles. The maximum absolute atomic E-state index is 13.7. The van der Waals surface area contributed by atoms with Crippen molar-refractivity contribution in [2.45, 2.75) is 19.4 Å². The van der Waals surface area contributed by atoms with Crippen LogP contribution in [0.5, 0.6) is 0 Å². The average Bonchev–Trinajstić information content (AvgIpc) is 2.45. The number of aromatic carboxylic acids is 1. The summed E-state index contributed by atoms with van der Waals surface area (Å²) in [5, 5.41) is 11.3. The van der Waals surface area contributed by atoms with E-state index in [1.165, 1.54) is 4.90 Å². The monoisotopic (exact) mass is 314 g/mol. The number of thioether (sulfide) groups is 1. The molecule has 0 heterocycles. The molecule has 1 atom stereocenters. The first-order chi connectivity index (χ1) is 9.90. The highest BCUT2D eigenvalue weighted by Crippen LogP contribution is 2.18. The van der Waals surface area contributed by atoms with Crippen LogP contribution in [0.2, 0.25) is 0 Å². The zero-order chi connectivity index (χ0) is 16.0. The molecule has 0 aliphatic heterocycles. The topological polar surface area (TPSA) is 69.6 Å². The predicted octanol–water partition coefficient (Wildman–Crippen LogP) is 3.13. The maximum atomic E-state index is 13.7. The number of anilines is 1. The molecule has 0 fully saturated rings. The number of carbonyl (C=O) groups excluding carboxylic acids is 1. The molecule has 0 saturated heterocycles. The van der Waals surface area contributed by atoms with Crippen LogP contribution >= 0.6 is 11.8 Å². The zero-order valence-electron chi connectivity index (χ0n) is 12.2. The van der Waals surface area contributed by atoms with Crippen molar-refractivity contribution >= 4 is 29.4 Å². The summed E-state index contributed by atoms with van der Waals surface area (Å²) in [4.78, 5) is 24.5. The SMILES string of the molecule is CCC(CSC)N(C)C(=O)Nc1cc(C(=O)O)ccc1F. The van der Waals surface area contributed by atoms with Crippen LogP contribution in [-0.4, -0.2) is 47.1 Å². The fourth-order valence-electron chi connectivity index (χ4n) is 1.82. The Labute approximate surface area is 127 Å². The minimum Gasteiger partial charge on any atom is -0.478 e. The van der Waals surface area contributed by atoms with Crippen molar-refractivity contribution in [3.05, 3.63) is 29.6 Å². The molecule has 0 spiro atoms. The fraction of sp³-hybridized carbons (Fsp3) is 0.429. The Balaban J connectivity index is 2.87. The predicted molar refractivity (Wildman–Crippen MR) is 82.6 cm³/mol. The van der Waals surface area contributed by atoms with Gasteiger partial charge >= 0.3 is 12.0 Å². The number of urea groups is 1. The molecule has 0 bridgehead atoms. The number of rotatable bonds is 6. The molecule has 1 aromatic rings. The van der Waals surface area contributed by atoms with Crippen LogP contribution in [0, 0.1) is 5.82 Å². The van der Waals surface area contributed by atoms with E-state index in [2.05, 4.69) is 5.32 Å². The summed E-state index contributed by atoms with van der Waals surface area (Å²) in [5.74, 6) is -1.06. The zero-order valence-corrected chi connectivity index (χ0v) is 13.0. The van der Waals surface area contributed by atoms with Gasteiger partial charge in [-0.05, 0) is 30.9 Å². The van der Waals surface area contributed by atoms with Crippen molar-refractivity contribution in [2.75, 3.05) is 24.4 Å². The van der Waals surface area contributed by atoms with E-state index >= 15 is 0 Å². The molecule has 1 unspecified atom stereocenters.